The maximum Gasteiger partial charge on any atom is 0.315 e. The Bertz CT molecular complexity index is 365. The van der Waals surface area contributed by atoms with Crippen LogP contribution in [0.25, 0.3) is 0 Å². The van der Waals surface area contributed by atoms with Gasteiger partial charge in [0.25, 0.3) is 0 Å². The highest BCUT2D eigenvalue weighted by molar-refractivity contribution is 5.22. The normalized spacial score (nSPS) is 32.2. The SMILES string of the molecule is CNCc1nnc(NC2CC3CCC2C3)o1. The summed E-state index contributed by atoms with van der Waals surface area (Å²) >= 11 is 0. The van der Waals surface area contributed by atoms with Crippen molar-refractivity contribution in [1.82, 2.24) is 15.5 Å². The van der Waals surface area contributed by atoms with E-state index in [-0.39, 0.29) is 0 Å². The van der Waals surface area contributed by atoms with Gasteiger partial charge in [0.1, 0.15) is 0 Å². The van der Waals surface area contributed by atoms with Crippen LogP contribution in [0.15, 0.2) is 4.42 Å². The largest absolute Gasteiger partial charge is 0.407 e. The fourth-order valence-electron chi connectivity index (χ4n) is 3.11. The Morgan fingerprint density at radius 3 is 2.94 bits per heavy atom. The van der Waals surface area contributed by atoms with E-state index in [0.717, 1.165) is 11.8 Å². The Morgan fingerprint density at radius 2 is 2.25 bits per heavy atom. The zero-order valence-corrected chi connectivity index (χ0v) is 9.57. The third-order valence-electron chi connectivity index (χ3n) is 3.84. The standard InChI is InChI=1S/C11H18N4O/c1-12-6-10-14-15-11(16-10)13-9-5-7-2-3-8(9)4-7/h7-9,12H,2-6H2,1H3,(H,13,15). The molecule has 0 aromatic carbocycles. The molecule has 2 bridgehead atoms. The number of nitrogens with zero attached hydrogens (tertiary/aromatic N) is 2. The van der Waals surface area contributed by atoms with E-state index in [1.165, 1.54) is 25.7 Å². The van der Waals surface area contributed by atoms with Gasteiger partial charge in [0.05, 0.1) is 6.54 Å². The first kappa shape index (κ1) is 10.1. The molecule has 0 amide bonds. The van der Waals surface area contributed by atoms with Crippen LogP contribution in [-0.2, 0) is 6.54 Å². The van der Waals surface area contributed by atoms with Crippen molar-refractivity contribution in [3.05, 3.63) is 5.89 Å². The van der Waals surface area contributed by atoms with Crippen LogP contribution < -0.4 is 10.6 Å². The molecule has 0 radical (unpaired) electrons. The average Bonchev–Trinajstić information content (AvgIpc) is 2.95. The van der Waals surface area contributed by atoms with Crippen molar-refractivity contribution in [2.24, 2.45) is 11.8 Å². The number of nitrogens with one attached hydrogen (secondary N) is 2. The summed E-state index contributed by atoms with van der Waals surface area (Å²) in [6.45, 7) is 0.630. The van der Waals surface area contributed by atoms with Gasteiger partial charge in [-0.05, 0) is 38.1 Å². The fourth-order valence-corrected chi connectivity index (χ4v) is 3.11. The molecular weight excluding hydrogens is 204 g/mol. The topological polar surface area (TPSA) is 63.0 Å². The van der Waals surface area contributed by atoms with Crippen LogP contribution in [-0.4, -0.2) is 23.3 Å². The third kappa shape index (κ3) is 1.80. The Hall–Kier alpha value is -1.10. The quantitative estimate of drug-likeness (QED) is 0.806. The molecule has 0 saturated heterocycles. The summed E-state index contributed by atoms with van der Waals surface area (Å²) in [5, 5.41) is 14.4. The summed E-state index contributed by atoms with van der Waals surface area (Å²) in [4.78, 5) is 0. The molecule has 0 spiro atoms. The number of hydrogen-bond donors (Lipinski definition) is 2. The second-order valence-corrected chi connectivity index (χ2v) is 4.96. The van der Waals surface area contributed by atoms with Gasteiger partial charge in [-0.25, -0.2) is 0 Å². The van der Waals surface area contributed by atoms with Gasteiger partial charge in [0.2, 0.25) is 5.89 Å². The highest BCUT2D eigenvalue weighted by Crippen LogP contribution is 2.45. The van der Waals surface area contributed by atoms with Gasteiger partial charge < -0.3 is 15.1 Å². The molecule has 5 heteroatoms. The lowest BCUT2D eigenvalue weighted by molar-refractivity contribution is 0.420. The lowest BCUT2D eigenvalue weighted by atomic mass is 9.96. The molecule has 2 N–H and O–H groups in total. The molecule has 0 aliphatic heterocycles. The predicted molar refractivity (Wildman–Crippen MR) is 59.9 cm³/mol. The van der Waals surface area contributed by atoms with Crippen LogP contribution in [0.2, 0.25) is 0 Å². The summed E-state index contributed by atoms with van der Waals surface area (Å²) in [7, 11) is 1.87. The van der Waals surface area contributed by atoms with Gasteiger partial charge >= 0.3 is 6.01 Å². The van der Waals surface area contributed by atoms with Crippen LogP contribution in [0.4, 0.5) is 6.01 Å². The Morgan fingerprint density at radius 1 is 1.31 bits per heavy atom. The van der Waals surface area contributed by atoms with Crippen LogP contribution >= 0.6 is 0 Å². The number of rotatable bonds is 4. The van der Waals surface area contributed by atoms with Crippen molar-refractivity contribution in [1.29, 1.82) is 0 Å². The van der Waals surface area contributed by atoms with E-state index in [1.54, 1.807) is 0 Å². The Balaban J connectivity index is 1.61. The van der Waals surface area contributed by atoms with Gasteiger partial charge in [-0.15, -0.1) is 5.10 Å². The van der Waals surface area contributed by atoms with E-state index in [2.05, 4.69) is 20.8 Å². The van der Waals surface area contributed by atoms with Crippen molar-refractivity contribution in [3.8, 4) is 0 Å². The second kappa shape index (κ2) is 4.05. The van der Waals surface area contributed by atoms with Crippen molar-refractivity contribution in [2.45, 2.75) is 38.3 Å². The molecular formula is C11H18N4O. The molecule has 16 heavy (non-hydrogen) atoms. The van der Waals surface area contributed by atoms with E-state index in [9.17, 15) is 0 Å². The van der Waals surface area contributed by atoms with E-state index >= 15 is 0 Å². The zero-order valence-electron chi connectivity index (χ0n) is 9.57. The lowest BCUT2D eigenvalue weighted by Gasteiger charge is -2.21. The van der Waals surface area contributed by atoms with Gasteiger partial charge in [-0.1, -0.05) is 11.5 Å². The molecule has 5 nitrogen and oxygen atoms in total. The molecule has 1 aromatic heterocycles. The molecule has 1 heterocycles. The minimum absolute atomic E-state index is 0.557. The van der Waals surface area contributed by atoms with Crippen molar-refractivity contribution < 1.29 is 4.42 Å². The summed E-state index contributed by atoms with van der Waals surface area (Å²) in [6.07, 6.45) is 5.43. The van der Waals surface area contributed by atoms with E-state index < -0.39 is 0 Å². The molecule has 2 fully saturated rings. The zero-order chi connectivity index (χ0) is 11.0. The maximum absolute atomic E-state index is 5.50. The van der Waals surface area contributed by atoms with E-state index in [4.69, 9.17) is 4.42 Å². The minimum Gasteiger partial charge on any atom is -0.407 e. The fraction of sp³-hybridized carbons (Fsp3) is 0.818. The molecule has 2 aliphatic carbocycles. The number of aromatic nitrogens is 2. The van der Waals surface area contributed by atoms with Crippen molar-refractivity contribution >= 4 is 6.01 Å². The number of fused-ring (bicyclic) bond motifs is 2. The lowest BCUT2D eigenvalue weighted by Crippen LogP contribution is -2.25. The summed E-state index contributed by atoms with van der Waals surface area (Å²) in [5.41, 5.74) is 0. The van der Waals surface area contributed by atoms with Gasteiger partial charge in [0, 0.05) is 6.04 Å². The van der Waals surface area contributed by atoms with Gasteiger partial charge in [0.15, 0.2) is 0 Å². The smallest absolute Gasteiger partial charge is 0.315 e. The van der Waals surface area contributed by atoms with Crippen LogP contribution in [0.5, 0.6) is 0 Å². The van der Waals surface area contributed by atoms with E-state index in [1.807, 2.05) is 7.05 Å². The van der Waals surface area contributed by atoms with E-state index in [0.29, 0.717) is 24.5 Å². The first-order valence-corrected chi connectivity index (χ1v) is 6.08. The first-order valence-electron chi connectivity index (χ1n) is 6.08. The van der Waals surface area contributed by atoms with Crippen molar-refractivity contribution in [2.75, 3.05) is 12.4 Å². The predicted octanol–water partition coefficient (Wildman–Crippen LogP) is 1.39. The molecule has 2 aliphatic rings. The first-order chi connectivity index (χ1) is 7.85. The summed E-state index contributed by atoms with van der Waals surface area (Å²) < 4.78 is 5.50. The molecule has 2 saturated carbocycles. The van der Waals surface area contributed by atoms with Gasteiger partial charge in [-0.2, -0.15) is 0 Å². The maximum atomic E-state index is 5.50. The highest BCUT2D eigenvalue weighted by Gasteiger charge is 2.39. The molecule has 3 atom stereocenters. The molecule has 88 valence electrons. The number of hydrogen-bond acceptors (Lipinski definition) is 5. The molecule has 1 aromatic rings. The number of anilines is 1. The molecule has 3 rings (SSSR count). The summed E-state index contributed by atoms with van der Waals surface area (Å²) in [5.74, 6) is 2.40. The highest BCUT2D eigenvalue weighted by atomic mass is 16.4. The average molecular weight is 222 g/mol. The monoisotopic (exact) mass is 222 g/mol. The van der Waals surface area contributed by atoms with Crippen LogP contribution in [0.3, 0.4) is 0 Å². The van der Waals surface area contributed by atoms with Crippen LogP contribution in [0.1, 0.15) is 31.6 Å². The van der Waals surface area contributed by atoms with Crippen molar-refractivity contribution in [3.63, 3.8) is 0 Å². The Kier molecular flexibility index (Phi) is 2.55. The third-order valence-corrected chi connectivity index (χ3v) is 3.84. The van der Waals surface area contributed by atoms with Crippen LogP contribution in [0, 0.1) is 11.8 Å². The second-order valence-electron chi connectivity index (χ2n) is 4.96. The Labute approximate surface area is 95.0 Å². The minimum atomic E-state index is 0.557. The van der Waals surface area contributed by atoms with Gasteiger partial charge in [-0.3, -0.25) is 0 Å². The summed E-state index contributed by atoms with van der Waals surface area (Å²) in [6, 6.07) is 1.14. The molecule has 3 unspecified atom stereocenters.